The summed E-state index contributed by atoms with van der Waals surface area (Å²) in [5.74, 6) is 1.19. The molecule has 1 aliphatic rings. The molecule has 2 aromatic rings. The highest BCUT2D eigenvalue weighted by molar-refractivity contribution is 5.97. The molecule has 7 heteroatoms. The van der Waals surface area contributed by atoms with Crippen molar-refractivity contribution in [2.24, 2.45) is 0 Å². The smallest absolute Gasteiger partial charge is 0.257 e. The summed E-state index contributed by atoms with van der Waals surface area (Å²) >= 11 is 0. The van der Waals surface area contributed by atoms with Crippen molar-refractivity contribution in [1.29, 1.82) is 0 Å². The van der Waals surface area contributed by atoms with E-state index in [0.29, 0.717) is 23.6 Å². The van der Waals surface area contributed by atoms with Gasteiger partial charge >= 0.3 is 0 Å². The predicted octanol–water partition coefficient (Wildman–Crippen LogP) is 1.99. The van der Waals surface area contributed by atoms with Crippen molar-refractivity contribution >= 4 is 5.91 Å². The minimum atomic E-state index is -0.0145. The molecule has 1 aromatic carbocycles. The van der Waals surface area contributed by atoms with E-state index in [-0.39, 0.29) is 11.9 Å². The van der Waals surface area contributed by atoms with Gasteiger partial charge in [0.15, 0.2) is 0 Å². The van der Waals surface area contributed by atoms with Gasteiger partial charge in [-0.15, -0.1) is 5.10 Å². The Hall–Kier alpha value is -2.57. The summed E-state index contributed by atoms with van der Waals surface area (Å²) in [6, 6.07) is 5.40. The molecule has 1 amide bonds. The van der Waals surface area contributed by atoms with Crippen LogP contribution in [0.25, 0.3) is 0 Å². The molecule has 0 radical (unpaired) electrons. The highest BCUT2D eigenvalue weighted by Gasteiger charge is 2.29. The van der Waals surface area contributed by atoms with Crippen molar-refractivity contribution < 1.29 is 14.3 Å². The van der Waals surface area contributed by atoms with Gasteiger partial charge in [-0.25, -0.2) is 0 Å². The molecule has 0 aliphatic carbocycles. The fraction of sp³-hybridized carbons (Fsp3) is 0.471. The average Bonchev–Trinajstić information content (AvgIpc) is 3.14. The molecule has 0 N–H and O–H groups in total. The number of hydrogen-bond acceptors (Lipinski definition) is 5. The molecule has 1 saturated heterocycles. The standard InChI is InChI=1S/C17H22N4O3/c1-23-14-6-7-15(16(11-14)24-2)17(22)21-9-4-3-5-13(21)12-20-10-8-18-19-20/h6-8,10-11,13H,3-5,9,12H2,1-2H3/t13-/m1/s1. The van der Waals surface area contributed by atoms with Crippen LogP contribution < -0.4 is 9.47 Å². The van der Waals surface area contributed by atoms with Crippen molar-refractivity contribution in [3.8, 4) is 11.5 Å². The predicted molar refractivity (Wildman–Crippen MR) is 88.2 cm³/mol. The minimum absolute atomic E-state index is 0.0145. The molecule has 0 bridgehead atoms. The molecular formula is C17H22N4O3. The van der Waals surface area contributed by atoms with E-state index in [0.717, 1.165) is 25.8 Å². The Morgan fingerprint density at radius 3 is 2.88 bits per heavy atom. The Kier molecular flexibility index (Phi) is 4.98. The second-order valence-electron chi connectivity index (χ2n) is 5.84. The van der Waals surface area contributed by atoms with E-state index in [4.69, 9.17) is 9.47 Å². The summed E-state index contributed by atoms with van der Waals surface area (Å²) in [4.78, 5) is 15.0. The van der Waals surface area contributed by atoms with Crippen LogP contribution in [0.3, 0.4) is 0 Å². The maximum absolute atomic E-state index is 13.1. The number of rotatable bonds is 5. The molecule has 1 aromatic heterocycles. The lowest BCUT2D eigenvalue weighted by Crippen LogP contribution is -2.46. The normalized spacial score (nSPS) is 17.6. The second-order valence-corrected chi connectivity index (χ2v) is 5.84. The van der Waals surface area contributed by atoms with Crippen LogP contribution in [0.1, 0.15) is 29.6 Å². The van der Waals surface area contributed by atoms with Crippen LogP contribution in [0, 0.1) is 0 Å². The molecule has 2 heterocycles. The summed E-state index contributed by atoms with van der Waals surface area (Å²) in [7, 11) is 3.16. The molecule has 1 atom stereocenters. The average molecular weight is 330 g/mol. The van der Waals surface area contributed by atoms with Crippen LogP contribution in [-0.2, 0) is 6.54 Å². The van der Waals surface area contributed by atoms with Crippen molar-refractivity contribution in [2.75, 3.05) is 20.8 Å². The van der Waals surface area contributed by atoms with Crippen molar-refractivity contribution in [1.82, 2.24) is 19.9 Å². The first-order valence-corrected chi connectivity index (χ1v) is 8.10. The summed E-state index contributed by atoms with van der Waals surface area (Å²) in [6.07, 6.45) is 6.57. The first kappa shape index (κ1) is 16.3. The molecule has 0 unspecified atom stereocenters. The Labute approximate surface area is 141 Å². The molecular weight excluding hydrogens is 308 g/mol. The number of aromatic nitrogens is 3. The summed E-state index contributed by atoms with van der Waals surface area (Å²) in [5.41, 5.74) is 0.559. The number of ether oxygens (including phenoxy) is 2. The molecule has 128 valence electrons. The second kappa shape index (κ2) is 7.33. The van der Waals surface area contributed by atoms with Gasteiger partial charge in [0.1, 0.15) is 11.5 Å². The summed E-state index contributed by atoms with van der Waals surface area (Å²) < 4.78 is 12.4. The first-order chi connectivity index (χ1) is 11.7. The van der Waals surface area contributed by atoms with Crippen LogP contribution >= 0.6 is 0 Å². The topological polar surface area (TPSA) is 69.5 Å². The van der Waals surface area contributed by atoms with Crippen molar-refractivity contribution in [3.63, 3.8) is 0 Å². The zero-order valence-electron chi connectivity index (χ0n) is 14.0. The molecule has 0 spiro atoms. The minimum Gasteiger partial charge on any atom is -0.497 e. The number of carbonyl (C=O) groups is 1. The number of amides is 1. The summed E-state index contributed by atoms with van der Waals surface area (Å²) in [5, 5.41) is 7.86. The van der Waals surface area contributed by atoms with Gasteiger partial charge in [0.2, 0.25) is 0 Å². The van der Waals surface area contributed by atoms with Gasteiger partial charge in [0.05, 0.1) is 38.6 Å². The number of methoxy groups -OCH3 is 2. The third-order valence-corrected chi connectivity index (χ3v) is 4.40. The van der Waals surface area contributed by atoms with Gasteiger partial charge in [-0.2, -0.15) is 0 Å². The van der Waals surface area contributed by atoms with Gasteiger partial charge in [0, 0.05) is 18.8 Å². The van der Waals surface area contributed by atoms with E-state index in [1.54, 1.807) is 43.3 Å². The van der Waals surface area contributed by atoms with Gasteiger partial charge < -0.3 is 14.4 Å². The van der Waals surface area contributed by atoms with Crippen LogP contribution in [0.15, 0.2) is 30.6 Å². The fourth-order valence-corrected chi connectivity index (χ4v) is 3.13. The van der Waals surface area contributed by atoms with Gasteiger partial charge in [-0.3, -0.25) is 9.48 Å². The van der Waals surface area contributed by atoms with Crippen LogP contribution in [-0.4, -0.2) is 52.6 Å². The lowest BCUT2D eigenvalue weighted by atomic mass is 10.0. The van der Waals surface area contributed by atoms with Crippen molar-refractivity contribution in [2.45, 2.75) is 31.8 Å². The van der Waals surface area contributed by atoms with Crippen LogP contribution in [0.2, 0.25) is 0 Å². The molecule has 7 nitrogen and oxygen atoms in total. The SMILES string of the molecule is COc1ccc(C(=O)N2CCCC[C@@H]2Cn2ccnn2)c(OC)c1. The van der Waals surface area contributed by atoms with Crippen LogP contribution in [0.5, 0.6) is 11.5 Å². The Balaban J connectivity index is 1.83. The van der Waals surface area contributed by atoms with E-state index in [2.05, 4.69) is 10.3 Å². The van der Waals surface area contributed by atoms with Crippen molar-refractivity contribution in [3.05, 3.63) is 36.2 Å². The monoisotopic (exact) mass is 330 g/mol. The zero-order chi connectivity index (χ0) is 16.9. The number of piperidine rings is 1. The number of nitrogens with zero attached hydrogens (tertiary/aromatic N) is 4. The van der Waals surface area contributed by atoms with E-state index in [1.807, 2.05) is 11.1 Å². The fourth-order valence-electron chi connectivity index (χ4n) is 3.13. The van der Waals surface area contributed by atoms with Crippen LogP contribution in [0.4, 0.5) is 0 Å². The highest BCUT2D eigenvalue weighted by atomic mass is 16.5. The molecule has 1 aliphatic heterocycles. The quantitative estimate of drug-likeness (QED) is 0.838. The van der Waals surface area contributed by atoms with E-state index in [9.17, 15) is 4.79 Å². The largest absolute Gasteiger partial charge is 0.497 e. The Morgan fingerprint density at radius 1 is 1.29 bits per heavy atom. The van der Waals surface area contributed by atoms with E-state index in [1.165, 1.54) is 0 Å². The molecule has 3 rings (SSSR count). The third-order valence-electron chi connectivity index (χ3n) is 4.40. The first-order valence-electron chi connectivity index (χ1n) is 8.10. The van der Waals surface area contributed by atoms with Gasteiger partial charge in [-0.1, -0.05) is 5.21 Å². The Morgan fingerprint density at radius 2 is 2.17 bits per heavy atom. The maximum atomic E-state index is 13.1. The van der Waals surface area contributed by atoms with Gasteiger partial charge in [0.25, 0.3) is 5.91 Å². The molecule has 1 fully saturated rings. The molecule has 24 heavy (non-hydrogen) atoms. The number of likely N-dealkylation sites (tertiary alicyclic amines) is 1. The van der Waals surface area contributed by atoms with E-state index >= 15 is 0 Å². The number of benzene rings is 1. The number of carbonyl (C=O) groups excluding carboxylic acids is 1. The lowest BCUT2D eigenvalue weighted by Gasteiger charge is -2.36. The highest BCUT2D eigenvalue weighted by Crippen LogP contribution is 2.28. The summed E-state index contributed by atoms with van der Waals surface area (Å²) in [6.45, 7) is 1.40. The molecule has 0 saturated carbocycles. The van der Waals surface area contributed by atoms with E-state index < -0.39 is 0 Å². The Bertz CT molecular complexity index is 687. The third kappa shape index (κ3) is 3.34. The lowest BCUT2D eigenvalue weighted by molar-refractivity contribution is 0.0579. The van der Waals surface area contributed by atoms with Gasteiger partial charge in [-0.05, 0) is 31.4 Å². The number of hydrogen-bond donors (Lipinski definition) is 0. The maximum Gasteiger partial charge on any atom is 0.257 e. The zero-order valence-corrected chi connectivity index (χ0v) is 14.0.